The molecule has 6 nitrogen and oxygen atoms in total. The molecule has 3 aliphatic heterocycles. The van der Waals surface area contributed by atoms with E-state index in [2.05, 4.69) is 34.1 Å². The van der Waals surface area contributed by atoms with Crippen molar-refractivity contribution in [1.82, 2.24) is 15.1 Å². The summed E-state index contributed by atoms with van der Waals surface area (Å²) in [6, 6.07) is 7.20. The van der Waals surface area contributed by atoms with Crippen molar-refractivity contribution in [2.75, 3.05) is 45.1 Å². The fraction of sp³-hybridized carbons (Fsp3) is 0.545. The summed E-state index contributed by atoms with van der Waals surface area (Å²) in [5.41, 5.74) is 1.34. The highest BCUT2D eigenvalue weighted by molar-refractivity contribution is 5.95. The minimum absolute atomic E-state index is 0.0198. The Morgan fingerprint density at radius 2 is 2.07 bits per heavy atom. The molecule has 3 fully saturated rings. The lowest BCUT2D eigenvalue weighted by atomic mass is 9.75. The molecule has 1 unspecified atom stereocenters. The number of amides is 2. The van der Waals surface area contributed by atoms with Crippen molar-refractivity contribution in [3.05, 3.63) is 42.5 Å². The average molecular weight is 385 g/mol. The maximum absolute atomic E-state index is 12.2. The highest BCUT2D eigenvalue weighted by atomic mass is 16.2. The number of hydrogen-bond donors (Lipinski definition) is 2. The summed E-state index contributed by atoms with van der Waals surface area (Å²) in [5.74, 6) is 1.47. The number of piperidine rings is 3. The first-order valence-electron chi connectivity index (χ1n) is 10.2. The van der Waals surface area contributed by atoms with Gasteiger partial charge in [0.25, 0.3) is 0 Å². The summed E-state index contributed by atoms with van der Waals surface area (Å²) in [4.78, 5) is 28.4. The highest BCUT2D eigenvalue weighted by Crippen LogP contribution is 2.36. The van der Waals surface area contributed by atoms with E-state index < -0.39 is 0 Å². The SMILES string of the molecule is C=CCN(C)C[C@H]1CN2CC[C@@H]1C[C@H]2CNC(=O)Nc1ccc(C(C)=O)cc1. The molecule has 1 aromatic rings. The van der Waals surface area contributed by atoms with E-state index in [9.17, 15) is 9.59 Å². The van der Waals surface area contributed by atoms with Gasteiger partial charge in [-0.2, -0.15) is 0 Å². The number of hydrogen-bond acceptors (Lipinski definition) is 4. The molecular formula is C22H32N4O2. The van der Waals surface area contributed by atoms with Crippen LogP contribution in [0.25, 0.3) is 0 Å². The van der Waals surface area contributed by atoms with Crippen molar-refractivity contribution in [1.29, 1.82) is 0 Å². The van der Waals surface area contributed by atoms with E-state index in [0.29, 0.717) is 29.8 Å². The summed E-state index contributed by atoms with van der Waals surface area (Å²) < 4.78 is 0. The van der Waals surface area contributed by atoms with E-state index in [1.807, 2.05) is 6.08 Å². The number of benzene rings is 1. The van der Waals surface area contributed by atoms with Crippen LogP contribution >= 0.6 is 0 Å². The molecule has 0 spiro atoms. The van der Waals surface area contributed by atoms with E-state index in [0.717, 1.165) is 38.5 Å². The summed E-state index contributed by atoms with van der Waals surface area (Å²) in [7, 11) is 2.16. The van der Waals surface area contributed by atoms with Gasteiger partial charge in [-0.1, -0.05) is 6.08 Å². The third-order valence-corrected chi connectivity index (χ3v) is 6.05. The van der Waals surface area contributed by atoms with Crippen molar-refractivity contribution >= 4 is 17.5 Å². The second kappa shape index (κ2) is 9.34. The van der Waals surface area contributed by atoms with Gasteiger partial charge in [-0.05, 0) is 69.5 Å². The average Bonchev–Trinajstić information content (AvgIpc) is 2.68. The number of ketones is 1. The van der Waals surface area contributed by atoms with Gasteiger partial charge in [0.2, 0.25) is 0 Å². The molecule has 0 radical (unpaired) electrons. The Labute approximate surface area is 168 Å². The van der Waals surface area contributed by atoms with Gasteiger partial charge in [0.05, 0.1) is 0 Å². The standard InChI is InChI=1S/C22H32N4O2/c1-4-10-25(3)14-19-15-26-11-9-18(19)12-21(26)13-23-22(28)24-20-7-5-17(6-8-20)16(2)27/h4-8,18-19,21H,1,9-15H2,2-3H3,(H2,23,24,28)/t18-,19+,21+/m1/s1. The quantitative estimate of drug-likeness (QED) is 0.534. The lowest BCUT2D eigenvalue weighted by Crippen LogP contribution is -2.58. The Kier molecular flexibility index (Phi) is 6.86. The van der Waals surface area contributed by atoms with Crippen LogP contribution in [0.4, 0.5) is 10.5 Å². The molecule has 3 heterocycles. The van der Waals surface area contributed by atoms with Crippen LogP contribution in [0.2, 0.25) is 0 Å². The van der Waals surface area contributed by atoms with Crippen molar-refractivity contribution in [3.8, 4) is 0 Å². The number of likely N-dealkylation sites (N-methyl/N-ethyl adjacent to an activating group) is 1. The van der Waals surface area contributed by atoms with Crippen molar-refractivity contribution < 1.29 is 9.59 Å². The van der Waals surface area contributed by atoms with Gasteiger partial charge in [0.15, 0.2) is 5.78 Å². The molecule has 1 aromatic carbocycles. The number of nitrogens with zero attached hydrogens (tertiary/aromatic N) is 2. The van der Waals surface area contributed by atoms with E-state index in [4.69, 9.17) is 0 Å². The Morgan fingerprint density at radius 1 is 1.32 bits per heavy atom. The van der Waals surface area contributed by atoms with E-state index in [1.54, 1.807) is 24.3 Å². The van der Waals surface area contributed by atoms with Crippen LogP contribution < -0.4 is 10.6 Å². The Balaban J connectivity index is 1.44. The molecule has 0 aliphatic carbocycles. The smallest absolute Gasteiger partial charge is 0.319 e. The fourth-order valence-electron chi connectivity index (χ4n) is 4.54. The van der Waals surface area contributed by atoms with Crippen LogP contribution in [0.15, 0.2) is 36.9 Å². The first-order valence-corrected chi connectivity index (χ1v) is 10.2. The van der Waals surface area contributed by atoms with Crippen LogP contribution in [0, 0.1) is 11.8 Å². The number of Topliss-reactive ketones (excluding diaryl/α,β-unsaturated/α-hetero) is 1. The molecule has 2 N–H and O–H groups in total. The van der Waals surface area contributed by atoms with Gasteiger partial charge in [-0.25, -0.2) is 4.79 Å². The van der Waals surface area contributed by atoms with Crippen molar-refractivity contribution in [3.63, 3.8) is 0 Å². The monoisotopic (exact) mass is 384 g/mol. The lowest BCUT2D eigenvalue weighted by Gasteiger charge is -2.50. The highest BCUT2D eigenvalue weighted by Gasteiger charge is 2.40. The number of carbonyl (C=O) groups is 2. The number of anilines is 1. The molecule has 2 bridgehead atoms. The second-order valence-corrected chi connectivity index (χ2v) is 8.17. The molecule has 28 heavy (non-hydrogen) atoms. The Hall–Kier alpha value is -2.18. The number of urea groups is 1. The molecule has 152 valence electrons. The first-order chi connectivity index (χ1) is 13.5. The first kappa shape index (κ1) is 20.6. The molecule has 2 amide bonds. The number of nitrogens with one attached hydrogen (secondary N) is 2. The van der Waals surface area contributed by atoms with Crippen molar-refractivity contribution in [2.45, 2.75) is 25.8 Å². The van der Waals surface area contributed by atoms with Crippen LogP contribution in [-0.4, -0.2) is 67.4 Å². The number of fused-ring (bicyclic) bond motifs is 3. The topological polar surface area (TPSA) is 64.7 Å². The maximum atomic E-state index is 12.2. The Bertz CT molecular complexity index is 703. The van der Waals surface area contributed by atoms with Crippen LogP contribution in [0.3, 0.4) is 0 Å². The van der Waals surface area contributed by atoms with Gasteiger partial charge in [0.1, 0.15) is 0 Å². The third-order valence-electron chi connectivity index (χ3n) is 6.05. The zero-order valence-electron chi connectivity index (χ0n) is 17.0. The Morgan fingerprint density at radius 3 is 2.68 bits per heavy atom. The second-order valence-electron chi connectivity index (χ2n) is 8.17. The summed E-state index contributed by atoms with van der Waals surface area (Å²) >= 11 is 0. The summed E-state index contributed by atoms with van der Waals surface area (Å²) in [6.07, 6.45) is 4.37. The maximum Gasteiger partial charge on any atom is 0.319 e. The van der Waals surface area contributed by atoms with Crippen LogP contribution in [0.1, 0.15) is 30.1 Å². The zero-order valence-corrected chi connectivity index (χ0v) is 17.0. The molecule has 0 saturated carbocycles. The molecule has 6 heteroatoms. The van der Waals surface area contributed by atoms with E-state index in [1.165, 1.54) is 13.3 Å². The lowest BCUT2D eigenvalue weighted by molar-refractivity contribution is -0.00709. The van der Waals surface area contributed by atoms with Gasteiger partial charge in [-0.15, -0.1) is 6.58 Å². The number of rotatable bonds is 8. The largest absolute Gasteiger partial charge is 0.336 e. The van der Waals surface area contributed by atoms with E-state index >= 15 is 0 Å². The van der Waals surface area contributed by atoms with E-state index in [-0.39, 0.29) is 11.8 Å². The summed E-state index contributed by atoms with van der Waals surface area (Å²) in [6.45, 7) is 10.3. The minimum atomic E-state index is -0.194. The normalized spacial score (nSPS) is 26.1. The predicted molar refractivity (Wildman–Crippen MR) is 113 cm³/mol. The fourth-order valence-corrected chi connectivity index (χ4v) is 4.54. The molecule has 3 aliphatic rings. The molecular weight excluding hydrogens is 352 g/mol. The molecule has 0 aromatic heterocycles. The number of carbonyl (C=O) groups excluding carboxylic acids is 2. The summed E-state index contributed by atoms with van der Waals surface area (Å²) in [5, 5.41) is 5.86. The zero-order chi connectivity index (χ0) is 20.1. The van der Waals surface area contributed by atoms with Crippen LogP contribution in [-0.2, 0) is 0 Å². The van der Waals surface area contributed by atoms with Gasteiger partial charge >= 0.3 is 6.03 Å². The molecule has 3 saturated heterocycles. The van der Waals surface area contributed by atoms with Gasteiger partial charge in [-0.3, -0.25) is 9.69 Å². The van der Waals surface area contributed by atoms with Gasteiger partial charge < -0.3 is 15.5 Å². The van der Waals surface area contributed by atoms with Crippen molar-refractivity contribution in [2.24, 2.45) is 11.8 Å². The predicted octanol–water partition coefficient (Wildman–Crippen LogP) is 2.84. The molecule has 4 rings (SSSR count). The van der Waals surface area contributed by atoms with Gasteiger partial charge in [0, 0.05) is 43.5 Å². The third kappa shape index (κ3) is 5.20. The molecule has 4 atom stereocenters. The van der Waals surface area contributed by atoms with Crippen LogP contribution in [0.5, 0.6) is 0 Å². The minimum Gasteiger partial charge on any atom is -0.336 e.